The van der Waals surface area contributed by atoms with Crippen LogP contribution in [-0.2, 0) is 16.1 Å². The van der Waals surface area contributed by atoms with Gasteiger partial charge in [-0.05, 0) is 62.3 Å². The van der Waals surface area contributed by atoms with Gasteiger partial charge in [0.05, 0.1) is 13.7 Å². The maximum absolute atomic E-state index is 12.9. The molecule has 1 aromatic rings. The molecule has 1 aromatic heterocycles. The SMILES string of the molecule is COc1ncccc1CNC(=O)CNC(=O)C12CC3CC(CC(C3)C1)C2. The molecule has 5 rings (SSSR count). The first-order chi connectivity index (χ1) is 12.6. The summed E-state index contributed by atoms with van der Waals surface area (Å²) in [4.78, 5) is 29.1. The second kappa shape index (κ2) is 6.89. The number of aromatic nitrogens is 1. The molecule has 140 valence electrons. The van der Waals surface area contributed by atoms with Crippen molar-refractivity contribution in [3.63, 3.8) is 0 Å². The predicted molar refractivity (Wildman–Crippen MR) is 96.3 cm³/mol. The standard InChI is InChI=1S/C20H27N3O3/c1-26-18-16(3-2-4-21-18)11-22-17(24)12-23-19(25)20-8-13-5-14(9-20)7-15(6-13)10-20/h2-4,13-15H,5-12H2,1H3,(H,22,24)(H,23,25). The van der Waals surface area contributed by atoms with Crippen molar-refractivity contribution < 1.29 is 14.3 Å². The first-order valence-corrected chi connectivity index (χ1v) is 9.61. The van der Waals surface area contributed by atoms with Crippen molar-refractivity contribution >= 4 is 11.8 Å². The Morgan fingerprint density at radius 1 is 1.15 bits per heavy atom. The molecule has 0 radical (unpaired) electrons. The number of rotatable bonds is 6. The van der Waals surface area contributed by atoms with Crippen molar-refractivity contribution in [2.45, 2.75) is 45.1 Å². The lowest BCUT2D eigenvalue weighted by atomic mass is 9.49. The molecule has 0 unspecified atom stereocenters. The fourth-order valence-corrected chi connectivity index (χ4v) is 5.74. The number of ether oxygens (including phenoxy) is 1. The average molecular weight is 357 g/mol. The summed E-state index contributed by atoms with van der Waals surface area (Å²) < 4.78 is 5.18. The zero-order chi connectivity index (χ0) is 18.1. The summed E-state index contributed by atoms with van der Waals surface area (Å²) >= 11 is 0. The lowest BCUT2D eigenvalue weighted by molar-refractivity contribution is -0.147. The summed E-state index contributed by atoms with van der Waals surface area (Å²) in [5, 5.41) is 5.74. The van der Waals surface area contributed by atoms with Crippen LogP contribution in [0.4, 0.5) is 0 Å². The molecule has 26 heavy (non-hydrogen) atoms. The van der Waals surface area contributed by atoms with Crippen LogP contribution in [0.15, 0.2) is 18.3 Å². The summed E-state index contributed by atoms with van der Waals surface area (Å²) in [6.07, 6.45) is 8.60. The summed E-state index contributed by atoms with van der Waals surface area (Å²) in [5.41, 5.74) is 0.609. The number of methoxy groups -OCH3 is 1. The number of amides is 2. The van der Waals surface area contributed by atoms with Crippen LogP contribution in [0.2, 0.25) is 0 Å². The van der Waals surface area contributed by atoms with E-state index in [0.29, 0.717) is 12.4 Å². The third-order valence-corrected chi connectivity index (χ3v) is 6.45. The van der Waals surface area contributed by atoms with Gasteiger partial charge >= 0.3 is 0 Å². The van der Waals surface area contributed by atoms with Crippen LogP contribution in [0.3, 0.4) is 0 Å². The number of carbonyl (C=O) groups excluding carboxylic acids is 2. The number of nitrogens with one attached hydrogen (secondary N) is 2. The predicted octanol–water partition coefficient (Wildman–Crippen LogP) is 2.04. The molecular formula is C20H27N3O3. The van der Waals surface area contributed by atoms with Crippen LogP contribution in [-0.4, -0.2) is 30.5 Å². The van der Waals surface area contributed by atoms with Gasteiger partial charge in [0.25, 0.3) is 0 Å². The number of pyridine rings is 1. The van der Waals surface area contributed by atoms with Crippen molar-refractivity contribution in [1.82, 2.24) is 15.6 Å². The largest absolute Gasteiger partial charge is 0.481 e. The second-order valence-corrected chi connectivity index (χ2v) is 8.33. The van der Waals surface area contributed by atoms with Gasteiger partial charge in [0, 0.05) is 23.7 Å². The van der Waals surface area contributed by atoms with Crippen LogP contribution in [0, 0.1) is 23.2 Å². The van der Waals surface area contributed by atoms with E-state index in [1.165, 1.54) is 19.3 Å². The average Bonchev–Trinajstić information content (AvgIpc) is 2.63. The van der Waals surface area contributed by atoms with Crippen molar-refractivity contribution in [2.75, 3.05) is 13.7 Å². The number of hydrogen-bond donors (Lipinski definition) is 2. The summed E-state index contributed by atoms with van der Waals surface area (Å²) in [7, 11) is 1.55. The van der Waals surface area contributed by atoms with Gasteiger partial charge in [0.2, 0.25) is 17.7 Å². The topological polar surface area (TPSA) is 80.3 Å². The van der Waals surface area contributed by atoms with E-state index in [0.717, 1.165) is 42.6 Å². The molecule has 0 aromatic carbocycles. The van der Waals surface area contributed by atoms with E-state index in [9.17, 15) is 9.59 Å². The number of carbonyl (C=O) groups is 2. The van der Waals surface area contributed by atoms with Crippen molar-refractivity contribution in [3.8, 4) is 5.88 Å². The van der Waals surface area contributed by atoms with Crippen LogP contribution < -0.4 is 15.4 Å². The Bertz CT molecular complexity index is 668. The first kappa shape index (κ1) is 17.3. The molecule has 4 aliphatic carbocycles. The smallest absolute Gasteiger partial charge is 0.239 e. The van der Waals surface area contributed by atoms with Gasteiger partial charge in [-0.25, -0.2) is 4.98 Å². The highest BCUT2D eigenvalue weighted by atomic mass is 16.5. The molecule has 0 saturated heterocycles. The molecule has 1 heterocycles. The summed E-state index contributed by atoms with van der Waals surface area (Å²) in [6, 6.07) is 3.67. The van der Waals surface area contributed by atoms with Crippen LogP contribution in [0.1, 0.15) is 44.1 Å². The Hall–Kier alpha value is -2.11. The van der Waals surface area contributed by atoms with Gasteiger partial charge in [-0.15, -0.1) is 0 Å². The molecule has 4 aliphatic rings. The van der Waals surface area contributed by atoms with E-state index in [1.807, 2.05) is 6.07 Å². The minimum atomic E-state index is -0.207. The Morgan fingerprint density at radius 3 is 2.42 bits per heavy atom. The zero-order valence-electron chi connectivity index (χ0n) is 15.3. The third kappa shape index (κ3) is 3.29. The van der Waals surface area contributed by atoms with Gasteiger partial charge in [-0.1, -0.05) is 6.07 Å². The molecule has 0 spiro atoms. The Morgan fingerprint density at radius 2 is 1.81 bits per heavy atom. The quantitative estimate of drug-likeness (QED) is 0.816. The normalized spacial score (nSPS) is 31.5. The highest BCUT2D eigenvalue weighted by Gasteiger charge is 2.54. The van der Waals surface area contributed by atoms with Crippen LogP contribution in [0.25, 0.3) is 0 Å². The van der Waals surface area contributed by atoms with Crippen molar-refractivity contribution in [2.24, 2.45) is 23.2 Å². The van der Waals surface area contributed by atoms with Gasteiger partial charge < -0.3 is 15.4 Å². The number of nitrogens with zero attached hydrogens (tertiary/aromatic N) is 1. The van der Waals surface area contributed by atoms with E-state index >= 15 is 0 Å². The highest BCUT2D eigenvalue weighted by Crippen LogP contribution is 2.60. The molecule has 0 aliphatic heterocycles. The molecule has 6 heteroatoms. The van der Waals surface area contributed by atoms with Crippen molar-refractivity contribution in [1.29, 1.82) is 0 Å². The number of hydrogen-bond acceptors (Lipinski definition) is 4. The van der Waals surface area contributed by atoms with Gasteiger partial charge in [-0.3, -0.25) is 9.59 Å². The molecule has 6 nitrogen and oxygen atoms in total. The molecule has 4 fully saturated rings. The molecular weight excluding hydrogens is 330 g/mol. The fourth-order valence-electron chi connectivity index (χ4n) is 5.74. The Labute approximate surface area is 154 Å². The maximum Gasteiger partial charge on any atom is 0.239 e. The fraction of sp³-hybridized carbons (Fsp3) is 0.650. The molecule has 4 saturated carbocycles. The second-order valence-electron chi connectivity index (χ2n) is 8.33. The third-order valence-electron chi connectivity index (χ3n) is 6.45. The first-order valence-electron chi connectivity index (χ1n) is 9.61. The lowest BCUT2D eigenvalue weighted by Crippen LogP contribution is -2.54. The summed E-state index contributed by atoms with van der Waals surface area (Å²) in [5.74, 6) is 2.57. The van der Waals surface area contributed by atoms with E-state index in [2.05, 4.69) is 15.6 Å². The monoisotopic (exact) mass is 357 g/mol. The molecule has 2 N–H and O–H groups in total. The van der Waals surface area contributed by atoms with Crippen LogP contribution >= 0.6 is 0 Å². The van der Waals surface area contributed by atoms with E-state index < -0.39 is 0 Å². The maximum atomic E-state index is 12.9. The molecule has 2 amide bonds. The van der Waals surface area contributed by atoms with Crippen molar-refractivity contribution in [3.05, 3.63) is 23.9 Å². The van der Waals surface area contributed by atoms with E-state index in [1.54, 1.807) is 19.4 Å². The highest BCUT2D eigenvalue weighted by molar-refractivity contribution is 5.88. The molecule has 4 bridgehead atoms. The minimum Gasteiger partial charge on any atom is -0.481 e. The molecule has 0 atom stereocenters. The van der Waals surface area contributed by atoms with E-state index in [4.69, 9.17) is 4.74 Å². The van der Waals surface area contributed by atoms with Crippen LogP contribution in [0.5, 0.6) is 5.88 Å². The van der Waals surface area contributed by atoms with Gasteiger partial charge in [0.1, 0.15) is 0 Å². The van der Waals surface area contributed by atoms with E-state index in [-0.39, 0.29) is 23.8 Å². The van der Waals surface area contributed by atoms with Gasteiger partial charge in [0.15, 0.2) is 0 Å². The Balaban J connectivity index is 1.29. The zero-order valence-corrected chi connectivity index (χ0v) is 15.3. The Kier molecular flexibility index (Phi) is 4.59. The summed E-state index contributed by atoms with van der Waals surface area (Å²) in [6.45, 7) is 0.367. The van der Waals surface area contributed by atoms with Gasteiger partial charge in [-0.2, -0.15) is 0 Å². The lowest BCUT2D eigenvalue weighted by Gasteiger charge is -2.55. The minimum absolute atomic E-state index is 0.0309.